The summed E-state index contributed by atoms with van der Waals surface area (Å²) in [5.41, 5.74) is 2.24. The summed E-state index contributed by atoms with van der Waals surface area (Å²) in [4.78, 5) is 12.0. The number of ether oxygens (including phenoxy) is 2. The van der Waals surface area contributed by atoms with Crippen molar-refractivity contribution in [1.82, 2.24) is 0 Å². The Morgan fingerprint density at radius 1 is 1.17 bits per heavy atom. The molecule has 23 heavy (non-hydrogen) atoms. The number of carbonyl (C=O) groups excluding carboxylic acids is 1. The number of carbonyl (C=O) groups is 1. The minimum absolute atomic E-state index is 0.0235. The topological polar surface area (TPSA) is 67.8 Å². The van der Waals surface area contributed by atoms with Gasteiger partial charge in [-0.05, 0) is 42.3 Å². The second-order valence-corrected chi connectivity index (χ2v) is 4.91. The number of hydrogen-bond acceptors (Lipinski definition) is 4. The first-order chi connectivity index (χ1) is 11.0. The first-order valence-electron chi connectivity index (χ1n) is 7.05. The number of aryl methyl sites for hydroxylation is 1. The van der Waals surface area contributed by atoms with Crippen LogP contribution in [0.1, 0.15) is 11.1 Å². The van der Waals surface area contributed by atoms with Gasteiger partial charge in [0.25, 0.3) is 0 Å². The van der Waals surface area contributed by atoms with E-state index in [0.29, 0.717) is 22.7 Å². The molecule has 0 aromatic heterocycles. The molecule has 0 spiro atoms. The highest BCUT2D eigenvalue weighted by atomic mass is 16.5. The molecule has 5 nitrogen and oxygen atoms in total. The third-order valence-corrected chi connectivity index (χ3v) is 3.30. The standard InChI is InChI=1S/C18H19NO4/c1-12-5-4-6-14(18(12)23-3)19-17(21)10-8-13-7-9-16(22-2)15(20)11-13/h4-11,20H,1-3H3,(H,19,21). The quantitative estimate of drug-likeness (QED) is 0.831. The molecule has 0 atom stereocenters. The van der Waals surface area contributed by atoms with Crippen LogP contribution in [0.15, 0.2) is 42.5 Å². The van der Waals surface area contributed by atoms with Crippen LogP contribution in [0.25, 0.3) is 6.08 Å². The molecule has 0 unspecified atom stereocenters. The van der Waals surface area contributed by atoms with Crippen molar-refractivity contribution in [2.24, 2.45) is 0 Å². The van der Waals surface area contributed by atoms with Crippen LogP contribution in [-0.4, -0.2) is 25.2 Å². The Labute approximate surface area is 135 Å². The summed E-state index contributed by atoms with van der Waals surface area (Å²) >= 11 is 0. The van der Waals surface area contributed by atoms with Crippen LogP contribution in [-0.2, 0) is 4.79 Å². The minimum atomic E-state index is -0.288. The number of rotatable bonds is 5. The highest BCUT2D eigenvalue weighted by Gasteiger charge is 2.07. The zero-order valence-corrected chi connectivity index (χ0v) is 13.3. The van der Waals surface area contributed by atoms with E-state index in [1.807, 2.05) is 19.1 Å². The summed E-state index contributed by atoms with van der Waals surface area (Å²) in [5.74, 6) is 0.757. The molecule has 2 aromatic rings. The molecule has 2 N–H and O–H groups in total. The lowest BCUT2D eigenvalue weighted by Gasteiger charge is -2.11. The van der Waals surface area contributed by atoms with E-state index < -0.39 is 0 Å². The summed E-state index contributed by atoms with van der Waals surface area (Å²) in [6, 6.07) is 10.4. The van der Waals surface area contributed by atoms with Crippen LogP contribution in [0.3, 0.4) is 0 Å². The summed E-state index contributed by atoms with van der Waals surface area (Å²) in [7, 11) is 3.04. The fourth-order valence-electron chi connectivity index (χ4n) is 2.18. The minimum Gasteiger partial charge on any atom is -0.504 e. The summed E-state index contributed by atoms with van der Waals surface area (Å²) in [6.45, 7) is 1.91. The van der Waals surface area contributed by atoms with Crippen molar-refractivity contribution in [3.63, 3.8) is 0 Å². The summed E-state index contributed by atoms with van der Waals surface area (Å²) in [6.07, 6.45) is 3.00. The number of amides is 1. The predicted molar refractivity (Wildman–Crippen MR) is 90.1 cm³/mol. The number of nitrogens with one attached hydrogen (secondary N) is 1. The number of aromatic hydroxyl groups is 1. The molecular formula is C18H19NO4. The largest absolute Gasteiger partial charge is 0.504 e. The van der Waals surface area contributed by atoms with Gasteiger partial charge >= 0.3 is 0 Å². The number of para-hydroxylation sites is 1. The lowest BCUT2D eigenvalue weighted by molar-refractivity contribution is -0.111. The Morgan fingerprint density at radius 2 is 1.96 bits per heavy atom. The second-order valence-electron chi connectivity index (χ2n) is 4.91. The monoisotopic (exact) mass is 313 g/mol. The average molecular weight is 313 g/mol. The second kappa shape index (κ2) is 7.35. The molecule has 0 heterocycles. The van der Waals surface area contributed by atoms with Gasteiger partial charge < -0.3 is 19.9 Å². The first-order valence-corrected chi connectivity index (χ1v) is 7.05. The van der Waals surface area contributed by atoms with Crippen molar-refractivity contribution >= 4 is 17.7 Å². The van der Waals surface area contributed by atoms with Crippen LogP contribution < -0.4 is 14.8 Å². The van der Waals surface area contributed by atoms with E-state index in [9.17, 15) is 9.90 Å². The molecule has 0 aliphatic carbocycles. The number of methoxy groups -OCH3 is 2. The fourth-order valence-corrected chi connectivity index (χ4v) is 2.18. The maximum absolute atomic E-state index is 12.0. The summed E-state index contributed by atoms with van der Waals surface area (Å²) in [5, 5.41) is 12.5. The van der Waals surface area contributed by atoms with Gasteiger partial charge in [-0.2, -0.15) is 0 Å². The number of benzene rings is 2. The van der Waals surface area contributed by atoms with Crippen molar-refractivity contribution in [3.05, 3.63) is 53.6 Å². The Balaban J connectivity index is 2.10. The Bertz CT molecular complexity index is 738. The SMILES string of the molecule is COc1ccc(C=CC(=O)Nc2cccc(C)c2OC)cc1O. The number of phenolic OH excluding ortho intramolecular Hbond substituents is 1. The van der Waals surface area contributed by atoms with Gasteiger partial charge in [-0.25, -0.2) is 0 Å². The normalized spacial score (nSPS) is 10.6. The van der Waals surface area contributed by atoms with Gasteiger partial charge in [0.05, 0.1) is 19.9 Å². The molecule has 0 saturated heterocycles. The molecule has 0 aliphatic heterocycles. The van der Waals surface area contributed by atoms with Crippen molar-refractivity contribution in [1.29, 1.82) is 0 Å². The molecule has 0 bridgehead atoms. The van der Waals surface area contributed by atoms with Crippen LogP contribution >= 0.6 is 0 Å². The van der Waals surface area contributed by atoms with Gasteiger partial charge in [0.2, 0.25) is 5.91 Å². The molecule has 0 radical (unpaired) electrons. The Kier molecular flexibility index (Phi) is 5.25. The molecule has 2 aromatic carbocycles. The zero-order valence-electron chi connectivity index (χ0n) is 13.3. The number of anilines is 1. The highest BCUT2D eigenvalue weighted by molar-refractivity contribution is 6.02. The van der Waals surface area contributed by atoms with E-state index in [2.05, 4.69) is 5.32 Å². The van der Waals surface area contributed by atoms with Crippen LogP contribution in [0.2, 0.25) is 0 Å². The molecule has 0 fully saturated rings. The molecule has 2 rings (SSSR count). The molecule has 1 amide bonds. The van der Waals surface area contributed by atoms with Crippen LogP contribution in [0.5, 0.6) is 17.2 Å². The van der Waals surface area contributed by atoms with Gasteiger partial charge in [-0.1, -0.05) is 18.2 Å². The summed E-state index contributed by atoms with van der Waals surface area (Å²) < 4.78 is 10.3. The molecular weight excluding hydrogens is 294 g/mol. The van der Waals surface area contributed by atoms with Crippen LogP contribution in [0, 0.1) is 6.92 Å². The maximum atomic E-state index is 12.0. The van der Waals surface area contributed by atoms with E-state index in [1.165, 1.54) is 19.3 Å². The van der Waals surface area contributed by atoms with Crippen molar-refractivity contribution in [2.45, 2.75) is 6.92 Å². The lowest BCUT2D eigenvalue weighted by Crippen LogP contribution is -2.09. The average Bonchev–Trinajstić information content (AvgIpc) is 2.53. The number of hydrogen-bond donors (Lipinski definition) is 2. The molecule has 0 aliphatic rings. The maximum Gasteiger partial charge on any atom is 0.248 e. The highest BCUT2D eigenvalue weighted by Crippen LogP contribution is 2.28. The van der Waals surface area contributed by atoms with E-state index >= 15 is 0 Å². The van der Waals surface area contributed by atoms with Gasteiger partial charge in [0.15, 0.2) is 11.5 Å². The molecule has 0 saturated carbocycles. The smallest absolute Gasteiger partial charge is 0.248 e. The van der Waals surface area contributed by atoms with Crippen molar-refractivity contribution < 1.29 is 19.4 Å². The van der Waals surface area contributed by atoms with E-state index in [0.717, 1.165) is 5.56 Å². The predicted octanol–water partition coefficient (Wildman–Crippen LogP) is 3.37. The van der Waals surface area contributed by atoms with E-state index in [-0.39, 0.29) is 11.7 Å². The molecule has 120 valence electrons. The van der Waals surface area contributed by atoms with Crippen molar-refractivity contribution in [2.75, 3.05) is 19.5 Å². The third kappa shape index (κ3) is 4.03. The fraction of sp³-hybridized carbons (Fsp3) is 0.167. The first kappa shape index (κ1) is 16.4. The van der Waals surface area contributed by atoms with Crippen LogP contribution in [0.4, 0.5) is 5.69 Å². The lowest BCUT2D eigenvalue weighted by atomic mass is 10.1. The van der Waals surface area contributed by atoms with Crippen molar-refractivity contribution in [3.8, 4) is 17.2 Å². The van der Waals surface area contributed by atoms with Gasteiger partial charge in [0, 0.05) is 6.08 Å². The van der Waals surface area contributed by atoms with Gasteiger partial charge in [0.1, 0.15) is 5.75 Å². The zero-order chi connectivity index (χ0) is 16.8. The Hall–Kier alpha value is -2.95. The van der Waals surface area contributed by atoms with E-state index in [4.69, 9.17) is 9.47 Å². The van der Waals surface area contributed by atoms with Gasteiger partial charge in [-0.15, -0.1) is 0 Å². The third-order valence-electron chi connectivity index (χ3n) is 3.30. The number of phenols is 1. The van der Waals surface area contributed by atoms with E-state index in [1.54, 1.807) is 31.4 Å². The Morgan fingerprint density at radius 3 is 2.61 bits per heavy atom. The van der Waals surface area contributed by atoms with Gasteiger partial charge in [-0.3, -0.25) is 4.79 Å². The molecule has 5 heteroatoms.